The number of carbonyl (C=O) groups is 2. The fourth-order valence-electron chi connectivity index (χ4n) is 3.83. The number of halogens is 4. The van der Waals surface area contributed by atoms with E-state index in [1.54, 1.807) is 18.5 Å². The Kier molecular flexibility index (Phi) is 6.94. The molecule has 0 spiro atoms. The monoisotopic (exact) mass is 487 g/mol. The van der Waals surface area contributed by atoms with Crippen LogP contribution in [-0.2, 0) is 11.0 Å². The summed E-state index contributed by atoms with van der Waals surface area (Å²) in [4.78, 5) is 35.3. The first-order valence-corrected chi connectivity index (χ1v) is 10.8. The first-order valence-electron chi connectivity index (χ1n) is 10.8. The largest absolute Gasteiger partial charge is 0.418 e. The van der Waals surface area contributed by atoms with Crippen LogP contribution >= 0.6 is 0 Å². The van der Waals surface area contributed by atoms with Gasteiger partial charge in [-0.05, 0) is 61.4 Å². The summed E-state index contributed by atoms with van der Waals surface area (Å²) in [6.07, 6.45) is -0.440. The topological polar surface area (TPSA) is 87.2 Å². The molecule has 7 nitrogen and oxygen atoms in total. The Balaban J connectivity index is 1.49. The zero-order valence-electron chi connectivity index (χ0n) is 18.3. The first kappa shape index (κ1) is 24.1. The third-order valence-corrected chi connectivity index (χ3v) is 5.57. The highest BCUT2D eigenvalue weighted by atomic mass is 19.4. The van der Waals surface area contributed by atoms with E-state index in [0.717, 1.165) is 24.3 Å². The molecule has 1 fully saturated rings. The van der Waals surface area contributed by atoms with Crippen molar-refractivity contribution < 1.29 is 27.2 Å². The van der Waals surface area contributed by atoms with Crippen LogP contribution in [0.15, 0.2) is 60.9 Å². The second-order valence-electron chi connectivity index (χ2n) is 8.04. The van der Waals surface area contributed by atoms with Gasteiger partial charge in [-0.1, -0.05) is 0 Å². The number of piperidine rings is 1. The quantitative estimate of drug-likeness (QED) is 0.508. The smallest absolute Gasteiger partial charge is 0.340 e. The lowest BCUT2D eigenvalue weighted by Crippen LogP contribution is -2.41. The van der Waals surface area contributed by atoms with E-state index in [2.05, 4.69) is 20.6 Å². The van der Waals surface area contributed by atoms with Gasteiger partial charge in [0.25, 0.3) is 5.91 Å². The van der Waals surface area contributed by atoms with E-state index < -0.39 is 41.0 Å². The Hall–Kier alpha value is -4.02. The van der Waals surface area contributed by atoms with Crippen molar-refractivity contribution in [1.29, 1.82) is 0 Å². The molecule has 2 N–H and O–H groups in total. The molecule has 2 heterocycles. The standard InChI is InChI=1S/C24H21F4N5O2/c25-17-6-4-15(5-7-17)21(34)31-18-8-9-20(19(13-18)24(26,27)28)32-22(35)16-3-1-12-33(14-16)23-29-10-2-11-30-23/h2,4-11,13,16H,1,3,12,14H2,(H,31,34)(H,32,35). The molecule has 1 unspecified atom stereocenters. The number of nitrogens with one attached hydrogen (secondary N) is 2. The van der Waals surface area contributed by atoms with Crippen molar-refractivity contribution in [2.24, 2.45) is 5.92 Å². The second kappa shape index (κ2) is 10.1. The lowest BCUT2D eigenvalue weighted by Gasteiger charge is -2.32. The number of hydrogen-bond acceptors (Lipinski definition) is 5. The SMILES string of the molecule is O=C(Nc1ccc(NC(=O)C2CCCN(c3ncccn3)C2)c(C(F)(F)F)c1)c1ccc(F)cc1. The molecule has 1 saturated heterocycles. The predicted molar refractivity (Wildman–Crippen MR) is 121 cm³/mol. The molecule has 1 aliphatic heterocycles. The van der Waals surface area contributed by atoms with Crippen molar-refractivity contribution >= 4 is 29.1 Å². The van der Waals surface area contributed by atoms with E-state index in [9.17, 15) is 27.2 Å². The van der Waals surface area contributed by atoms with Gasteiger partial charge in [0, 0.05) is 36.7 Å². The number of amides is 2. The van der Waals surface area contributed by atoms with Gasteiger partial charge in [0.15, 0.2) is 0 Å². The molecule has 1 aromatic heterocycles. The third kappa shape index (κ3) is 5.92. The number of nitrogens with zero attached hydrogens (tertiary/aromatic N) is 3. The van der Waals surface area contributed by atoms with Gasteiger partial charge >= 0.3 is 6.18 Å². The van der Waals surface area contributed by atoms with Gasteiger partial charge in [0.05, 0.1) is 17.2 Å². The molecule has 11 heteroatoms. The number of alkyl halides is 3. The van der Waals surface area contributed by atoms with Crippen molar-refractivity contribution in [3.8, 4) is 0 Å². The summed E-state index contributed by atoms with van der Waals surface area (Å²) in [5.74, 6) is -1.87. The van der Waals surface area contributed by atoms with Gasteiger partial charge in [-0.3, -0.25) is 9.59 Å². The summed E-state index contributed by atoms with van der Waals surface area (Å²) < 4.78 is 54.4. The molecule has 0 radical (unpaired) electrons. The Morgan fingerprint density at radius 1 is 1.00 bits per heavy atom. The van der Waals surface area contributed by atoms with Crippen LogP contribution in [0.2, 0.25) is 0 Å². The Morgan fingerprint density at radius 2 is 1.71 bits per heavy atom. The number of anilines is 3. The van der Waals surface area contributed by atoms with E-state index >= 15 is 0 Å². The number of rotatable bonds is 5. The summed E-state index contributed by atoms with van der Waals surface area (Å²) in [6.45, 7) is 0.924. The van der Waals surface area contributed by atoms with Gasteiger partial charge in [0.1, 0.15) is 5.82 Å². The number of carbonyl (C=O) groups excluding carboxylic acids is 2. The van der Waals surface area contributed by atoms with Crippen LogP contribution in [0.4, 0.5) is 34.9 Å². The normalized spacial score (nSPS) is 16.0. The van der Waals surface area contributed by atoms with Gasteiger partial charge < -0.3 is 15.5 Å². The summed E-state index contributed by atoms with van der Waals surface area (Å²) >= 11 is 0. The van der Waals surface area contributed by atoms with Gasteiger partial charge in [0.2, 0.25) is 11.9 Å². The third-order valence-electron chi connectivity index (χ3n) is 5.57. The number of aromatic nitrogens is 2. The summed E-state index contributed by atoms with van der Waals surface area (Å²) in [6, 6.07) is 9.37. The fourth-order valence-corrected chi connectivity index (χ4v) is 3.83. The van der Waals surface area contributed by atoms with Crippen LogP contribution in [0.3, 0.4) is 0 Å². The first-order chi connectivity index (χ1) is 16.7. The van der Waals surface area contributed by atoms with Crippen LogP contribution < -0.4 is 15.5 Å². The van der Waals surface area contributed by atoms with E-state index in [0.29, 0.717) is 25.3 Å². The number of benzene rings is 2. The highest BCUT2D eigenvalue weighted by Crippen LogP contribution is 2.37. The molecule has 4 rings (SSSR count). The minimum Gasteiger partial charge on any atom is -0.340 e. The van der Waals surface area contributed by atoms with Gasteiger partial charge in [-0.2, -0.15) is 13.2 Å². The van der Waals surface area contributed by atoms with Crippen molar-refractivity contribution in [3.63, 3.8) is 0 Å². The lowest BCUT2D eigenvalue weighted by atomic mass is 9.97. The Morgan fingerprint density at radius 3 is 2.40 bits per heavy atom. The van der Waals surface area contributed by atoms with Crippen molar-refractivity contribution in [3.05, 3.63) is 77.9 Å². The second-order valence-corrected chi connectivity index (χ2v) is 8.04. The van der Waals surface area contributed by atoms with E-state index in [1.807, 2.05) is 4.90 Å². The van der Waals surface area contributed by atoms with Crippen LogP contribution in [0.5, 0.6) is 0 Å². The molecular weight excluding hydrogens is 466 g/mol. The van der Waals surface area contributed by atoms with Crippen molar-refractivity contribution in [1.82, 2.24) is 9.97 Å². The molecule has 0 bridgehead atoms. The molecule has 0 saturated carbocycles. The molecule has 1 aliphatic rings. The maximum absolute atomic E-state index is 13.8. The maximum Gasteiger partial charge on any atom is 0.418 e. The van der Waals surface area contributed by atoms with Crippen LogP contribution in [0.1, 0.15) is 28.8 Å². The average Bonchev–Trinajstić information content (AvgIpc) is 2.85. The molecule has 35 heavy (non-hydrogen) atoms. The average molecular weight is 487 g/mol. The Labute approximate surface area is 198 Å². The van der Waals surface area contributed by atoms with Crippen molar-refractivity contribution in [2.75, 3.05) is 28.6 Å². The molecule has 0 aliphatic carbocycles. The summed E-state index contributed by atoms with van der Waals surface area (Å²) in [5.41, 5.74) is -1.53. The molecule has 2 aromatic carbocycles. The van der Waals surface area contributed by atoms with E-state index in [4.69, 9.17) is 0 Å². The predicted octanol–water partition coefficient (Wildman–Crippen LogP) is 4.74. The van der Waals surface area contributed by atoms with Crippen LogP contribution in [-0.4, -0.2) is 34.9 Å². The van der Waals surface area contributed by atoms with Gasteiger partial charge in [-0.15, -0.1) is 0 Å². The minimum absolute atomic E-state index is 0.0848. The molecule has 1 atom stereocenters. The van der Waals surface area contributed by atoms with Crippen molar-refractivity contribution in [2.45, 2.75) is 19.0 Å². The summed E-state index contributed by atoms with van der Waals surface area (Å²) in [5, 5.41) is 4.76. The minimum atomic E-state index is -4.78. The lowest BCUT2D eigenvalue weighted by molar-refractivity contribution is -0.137. The van der Waals surface area contributed by atoms with Crippen LogP contribution in [0, 0.1) is 11.7 Å². The highest BCUT2D eigenvalue weighted by molar-refractivity contribution is 6.04. The maximum atomic E-state index is 13.8. The van der Waals surface area contributed by atoms with E-state index in [1.165, 1.54) is 18.2 Å². The molecule has 3 aromatic rings. The van der Waals surface area contributed by atoms with Crippen LogP contribution in [0.25, 0.3) is 0 Å². The zero-order valence-corrected chi connectivity index (χ0v) is 18.3. The fraction of sp³-hybridized carbons (Fsp3) is 0.250. The number of hydrogen-bond donors (Lipinski definition) is 2. The Bertz CT molecular complexity index is 1200. The molecule has 2 amide bonds. The molecular formula is C24H21F4N5O2. The highest BCUT2D eigenvalue weighted by Gasteiger charge is 2.35. The van der Waals surface area contributed by atoms with Gasteiger partial charge in [-0.25, -0.2) is 14.4 Å². The molecule has 182 valence electrons. The zero-order chi connectivity index (χ0) is 25.0. The summed E-state index contributed by atoms with van der Waals surface area (Å²) in [7, 11) is 0. The van der Waals surface area contributed by atoms with E-state index in [-0.39, 0.29) is 17.8 Å².